The molecule has 1 amide bonds. The molecule has 0 aromatic carbocycles. The van der Waals surface area contributed by atoms with Gasteiger partial charge in [-0.2, -0.15) is 0 Å². The summed E-state index contributed by atoms with van der Waals surface area (Å²) in [4.78, 5) is 27.5. The van der Waals surface area contributed by atoms with E-state index in [1.807, 2.05) is 20.8 Å². The molecular formula is C13H18N2O3. The van der Waals surface area contributed by atoms with Crippen molar-refractivity contribution in [2.75, 3.05) is 7.11 Å². The summed E-state index contributed by atoms with van der Waals surface area (Å²) in [7, 11) is 1.30. The number of nitrogens with zero attached hydrogens (tertiary/aromatic N) is 1. The zero-order valence-electron chi connectivity index (χ0n) is 11.1. The first-order valence-corrected chi connectivity index (χ1v) is 5.76. The fourth-order valence-electron chi connectivity index (χ4n) is 1.53. The summed E-state index contributed by atoms with van der Waals surface area (Å²) in [5.74, 6) is -0.812. The van der Waals surface area contributed by atoms with Crippen molar-refractivity contribution in [3.05, 3.63) is 29.6 Å². The summed E-state index contributed by atoms with van der Waals surface area (Å²) in [6, 6.07) is 1.07. The third kappa shape index (κ3) is 3.55. The zero-order valence-corrected chi connectivity index (χ0v) is 11.1. The highest BCUT2D eigenvalue weighted by molar-refractivity contribution is 5.96. The Morgan fingerprint density at radius 2 is 2.00 bits per heavy atom. The molecule has 0 aliphatic rings. The number of aromatic nitrogens is 1. The maximum atomic E-state index is 12.0. The van der Waals surface area contributed by atoms with E-state index in [-0.39, 0.29) is 11.8 Å². The van der Waals surface area contributed by atoms with Gasteiger partial charge in [-0.1, -0.05) is 13.8 Å². The summed E-state index contributed by atoms with van der Waals surface area (Å²) in [5.41, 5.74) is 1.33. The Morgan fingerprint density at radius 3 is 2.50 bits per heavy atom. The molecule has 1 aromatic heterocycles. The fraction of sp³-hybridized carbons (Fsp3) is 0.462. The molecule has 1 atom stereocenters. The van der Waals surface area contributed by atoms with E-state index >= 15 is 0 Å². The molecular weight excluding hydrogens is 232 g/mol. The summed E-state index contributed by atoms with van der Waals surface area (Å²) >= 11 is 0. The van der Waals surface area contributed by atoms with Gasteiger partial charge in [-0.05, 0) is 24.5 Å². The van der Waals surface area contributed by atoms with Gasteiger partial charge in [0.1, 0.15) is 6.04 Å². The minimum absolute atomic E-state index is 0.0424. The van der Waals surface area contributed by atoms with Crippen LogP contribution in [0.5, 0.6) is 0 Å². The van der Waals surface area contributed by atoms with Gasteiger partial charge in [0, 0.05) is 12.4 Å². The summed E-state index contributed by atoms with van der Waals surface area (Å²) in [5, 5.41) is 2.66. The maximum Gasteiger partial charge on any atom is 0.328 e. The van der Waals surface area contributed by atoms with Crippen LogP contribution in [-0.2, 0) is 9.53 Å². The largest absolute Gasteiger partial charge is 0.467 e. The van der Waals surface area contributed by atoms with Crippen molar-refractivity contribution in [1.29, 1.82) is 0 Å². The minimum Gasteiger partial charge on any atom is -0.467 e. The molecule has 1 aromatic rings. The first-order valence-electron chi connectivity index (χ1n) is 5.76. The van der Waals surface area contributed by atoms with E-state index in [9.17, 15) is 9.59 Å². The summed E-state index contributed by atoms with van der Waals surface area (Å²) in [6.07, 6.45) is 3.13. The van der Waals surface area contributed by atoms with Crippen LogP contribution < -0.4 is 5.32 Å². The van der Waals surface area contributed by atoms with Crippen LogP contribution in [0.3, 0.4) is 0 Å². The first kappa shape index (κ1) is 14.2. The van der Waals surface area contributed by atoms with Crippen molar-refractivity contribution in [2.24, 2.45) is 5.92 Å². The van der Waals surface area contributed by atoms with E-state index in [0.29, 0.717) is 5.56 Å². The van der Waals surface area contributed by atoms with Gasteiger partial charge in [0.15, 0.2) is 0 Å². The molecule has 5 nitrogen and oxygen atoms in total. The SMILES string of the molecule is COC(=O)C(NC(=O)c1cncc(C)c1)C(C)C. The number of aryl methyl sites for hydroxylation is 1. The van der Waals surface area contributed by atoms with E-state index < -0.39 is 12.0 Å². The lowest BCUT2D eigenvalue weighted by Crippen LogP contribution is -2.45. The van der Waals surface area contributed by atoms with E-state index in [2.05, 4.69) is 15.0 Å². The number of carbonyl (C=O) groups is 2. The van der Waals surface area contributed by atoms with Gasteiger partial charge in [0.05, 0.1) is 12.7 Å². The molecule has 0 aliphatic heterocycles. The number of esters is 1. The minimum atomic E-state index is -0.650. The molecule has 0 aliphatic carbocycles. The van der Waals surface area contributed by atoms with Crippen LogP contribution in [0.25, 0.3) is 0 Å². The van der Waals surface area contributed by atoms with Crippen LogP contribution in [0.4, 0.5) is 0 Å². The molecule has 0 fully saturated rings. The van der Waals surface area contributed by atoms with Gasteiger partial charge in [0.2, 0.25) is 0 Å². The quantitative estimate of drug-likeness (QED) is 0.818. The fourth-order valence-corrected chi connectivity index (χ4v) is 1.53. The number of amides is 1. The van der Waals surface area contributed by atoms with E-state index in [1.165, 1.54) is 13.3 Å². The Hall–Kier alpha value is -1.91. The standard InChI is InChI=1S/C13H18N2O3/c1-8(2)11(13(17)18-4)15-12(16)10-5-9(3)6-14-7-10/h5-8,11H,1-4H3,(H,15,16). The van der Waals surface area contributed by atoms with Crippen LogP contribution in [-0.4, -0.2) is 30.0 Å². The van der Waals surface area contributed by atoms with Crippen molar-refractivity contribution < 1.29 is 14.3 Å². The average molecular weight is 250 g/mol. The Kier molecular flexibility index (Phi) is 4.83. The second-order valence-electron chi connectivity index (χ2n) is 4.47. The number of methoxy groups -OCH3 is 1. The number of hydrogen-bond donors (Lipinski definition) is 1. The number of pyridine rings is 1. The Balaban J connectivity index is 2.82. The molecule has 18 heavy (non-hydrogen) atoms. The van der Waals surface area contributed by atoms with Crippen molar-refractivity contribution in [3.8, 4) is 0 Å². The van der Waals surface area contributed by atoms with Crippen LogP contribution >= 0.6 is 0 Å². The lowest BCUT2D eigenvalue weighted by molar-refractivity contribution is -0.144. The molecule has 0 saturated carbocycles. The predicted octanol–water partition coefficient (Wildman–Crippen LogP) is 1.32. The Labute approximate surface area is 107 Å². The van der Waals surface area contributed by atoms with Crippen molar-refractivity contribution in [3.63, 3.8) is 0 Å². The lowest BCUT2D eigenvalue weighted by atomic mass is 10.0. The number of carbonyl (C=O) groups excluding carboxylic acids is 2. The van der Waals surface area contributed by atoms with E-state index in [1.54, 1.807) is 12.3 Å². The molecule has 0 bridgehead atoms. The predicted molar refractivity (Wildman–Crippen MR) is 67.1 cm³/mol. The van der Waals surface area contributed by atoms with E-state index in [0.717, 1.165) is 5.56 Å². The number of hydrogen-bond acceptors (Lipinski definition) is 4. The molecule has 0 radical (unpaired) electrons. The third-order valence-corrected chi connectivity index (χ3v) is 2.55. The van der Waals surface area contributed by atoms with Crippen LogP contribution in [0, 0.1) is 12.8 Å². The summed E-state index contributed by atoms with van der Waals surface area (Å²) in [6.45, 7) is 5.54. The monoisotopic (exact) mass is 250 g/mol. The topological polar surface area (TPSA) is 68.3 Å². The van der Waals surface area contributed by atoms with Crippen LogP contribution in [0.1, 0.15) is 29.8 Å². The van der Waals surface area contributed by atoms with Crippen molar-refractivity contribution in [1.82, 2.24) is 10.3 Å². The molecule has 1 unspecified atom stereocenters. The van der Waals surface area contributed by atoms with Gasteiger partial charge in [-0.3, -0.25) is 9.78 Å². The average Bonchev–Trinajstić information content (AvgIpc) is 2.34. The number of ether oxygens (including phenoxy) is 1. The van der Waals surface area contributed by atoms with Gasteiger partial charge >= 0.3 is 5.97 Å². The van der Waals surface area contributed by atoms with Crippen LogP contribution in [0.15, 0.2) is 18.5 Å². The second kappa shape index (κ2) is 6.14. The lowest BCUT2D eigenvalue weighted by Gasteiger charge is -2.19. The second-order valence-corrected chi connectivity index (χ2v) is 4.47. The van der Waals surface area contributed by atoms with Gasteiger partial charge < -0.3 is 10.1 Å². The van der Waals surface area contributed by atoms with Gasteiger partial charge in [-0.15, -0.1) is 0 Å². The highest BCUT2D eigenvalue weighted by atomic mass is 16.5. The van der Waals surface area contributed by atoms with Gasteiger partial charge in [-0.25, -0.2) is 4.79 Å². The highest BCUT2D eigenvalue weighted by Crippen LogP contribution is 2.07. The van der Waals surface area contributed by atoms with Crippen LogP contribution in [0.2, 0.25) is 0 Å². The molecule has 0 saturated heterocycles. The molecule has 1 N–H and O–H groups in total. The smallest absolute Gasteiger partial charge is 0.328 e. The highest BCUT2D eigenvalue weighted by Gasteiger charge is 2.25. The third-order valence-electron chi connectivity index (χ3n) is 2.55. The Bertz CT molecular complexity index is 444. The molecule has 0 spiro atoms. The molecule has 1 heterocycles. The zero-order chi connectivity index (χ0) is 13.7. The number of rotatable bonds is 4. The van der Waals surface area contributed by atoms with Crippen molar-refractivity contribution >= 4 is 11.9 Å². The van der Waals surface area contributed by atoms with Crippen molar-refractivity contribution in [2.45, 2.75) is 26.8 Å². The Morgan fingerprint density at radius 1 is 1.33 bits per heavy atom. The summed E-state index contributed by atoms with van der Waals surface area (Å²) < 4.78 is 4.66. The number of nitrogens with one attached hydrogen (secondary N) is 1. The maximum absolute atomic E-state index is 12.0. The molecule has 98 valence electrons. The van der Waals surface area contributed by atoms with E-state index in [4.69, 9.17) is 0 Å². The first-order chi connectivity index (χ1) is 8.45. The molecule has 1 rings (SSSR count). The molecule has 5 heteroatoms. The van der Waals surface area contributed by atoms with Gasteiger partial charge in [0.25, 0.3) is 5.91 Å². The normalized spacial score (nSPS) is 12.1.